The van der Waals surface area contributed by atoms with Gasteiger partial charge in [-0.2, -0.15) is 11.3 Å². The van der Waals surface area contributed by atoms with E-state index in [0.29, 0.717) is 5.56 Å². The van der Waals surface area contributed by atoms with Gasteiger partial charge in [-0.1, -0.05) is 6.08 Å². The highest BCUT2D eigenvalue weighted by Gasteiger charge is 2.01. The zero-order valence-corrected chi connectivity index (χ0v) is 9.21. The molecule has 0 bridgehead atoms. The van der Waals surface area contributed by atoms with Gasteiger partial charge in [0, 0.05) is 5.56 Å². The first-order valence-corrected chi connectivity index (χ1v) is 5.70. The third kappa shape index (κ3) is 2.64. The summed E-state index contributed by atoms with van der Waals surface area (Å²) in [5.74, 6) is -0.454. The van der Waals surface area contributed by atoms with Crippen LogP contribution in [0.25, 0.3) is 6.08 Å². The van der Waals surface area contributed by atoms with Gasteiger partial charge in [-0.15, -0.1) is 0 Å². The number of rotatable bonds is 3. The van der Waals surface area contributed by atoms with E-state index in [9.17, 15) is 9.18 Å². The predicted octanol–water partition coefficient (Wildman–Crippen LogP) is 3.78. The van der Waals surface area contributed by atoms with Gasteiger partial charge in [0.2, 0.25) is 0 Å². The largest absolute Gasteiger partial charge is 0.289 e. The summed E-state index contributed by atoms with van der Waals surface area (Å²) >= 11 is 1.58. The van der Waals surface area contributed by atoms with Gasteiger partial charge in [0.25, 0.3) is 0 Å². The number of carbonyl (C=O) groups excluding carboxylic acids is 1. The Balaban J connectivity index is 2.11. The van der Waals surface area contributed by atoms with E-state index >= 15 is 0 Å². The van der Waals surface area contributed by atoms with Crippen LogP contribution in [0.2, 0.25) is 0 Å². The van der Waals surface area contributed by atoms with Crippen molar-refractivity contribution in [3.05, 3.63) is 64.1 Å². The number of halogens is 1. The van der Waals surface area contributed by atoms with E-state index in [1.54, 1.807) is 17.4 Å². The molecule has 0 aliphatic heterocycles. The van der Waals surface area contributed by atoms with Crippen molar-refractivity contribution in [1.82, 2.24) is 0 Å². The Kier molecular flexibility index (Phi) is 3.27. The van der Waals surface area contributed by atoms with Crippen LogP contribution in [0.5, 0.6) is 0 Å². The summed E-state index contributed by atoms with van der Waals surface area (Å²) in [5, 5.41) is 3.90. The lowest BCUT2D eigenvalue weighted by Gasteiger charge is -1.94. The Morgan fingerprint density at radius 3 is 2.56 bits per heavy atom. The number of hydrogen-bond acceptors (Lipinski definition) is 2. The first-order valence-electron chi connectivity index (χ1n) is 4.76. The van der Waals surface area contributed by atoms with Gasteiger partial charge in [-0.3, -0.25) is 4.79 Å². The number of carbonyl (C=O) groups is 1. The summed E-state index contributed by atoms with van der Waals surface area (Å²) in [6, 6.07) is 7.46. The van der Waals surface area contributed by atoms with Gasteiger partial charge in [0.15, 0.2) is 5.78 Å². The van der Waals surface area contributed by atoms with Crippen molar-refractivity contribution in [2.75, 3.05) is 0 Å². The maximum atomic E-state index is 12.6. The molecule has 0 atom stereocenters. The average Bonchev–Trinajstić information content (AvgIpc) is 2.80. The molecule has 3 heteroatoms. The molecule has 1 aromatic carbocycles. The second kappa shape index (κ2) is 4.86. The second-order valence-electron chi connectivity index (χ2n) is 3.26. The lowest BCUT2D eigenvalue weighted by molar-refractivity contribution is 0.104. The van der Waals surface area contributed by atoms with Gasteiger partial charge >= 0.3 is 0 Å². The standard InChI is InChI=1S/C13H9FOS/c14-12-4-2-11(3-5-12)13(15)6-1-10-7-8-16-9-10/h1-9H/b6-1+. The molecule has 16 heavy (non-hydrogen) atoms. The van der Waals surface area contributed by atoms with Crippen LogP contribution < -0.4 is 0 Å². The number of thiophene rings is 1. The van der Waals surface area contributed by atoms with Gasteiger partial charge in [-0.05, 0) is 52.7 Å². The van der Waals surface area contributed by atoms with Crippen LogP contribution in [0, 0.1) is 5.82 Å². The molecule has 1 aromatic heterocycles. The third-order valence-corrected chi connectivity index (χ3v) is 2.80. The molecule has 1 nitrogen and oxygen atoms in total. The average molecular weight is 232 g/mol. The molecule has 0 aliphatic carbocycles. The topological polar surface area (TPSA) is 17.1 Å². The Labute approximate surface area is 96.9 Å². The highest BCUT2D eigenvalue weighted by molar-refractivity contribution is 7.08. The van der Waals surface area contributed by atoms with E-state index in [1.165, 1.54) is 30.3 Å². The Morgan fingerprint density at radius 2 is 1.94 bits per heavy atom. The molecule has 0 unspecified atom stereocenters. The summed E-state index contributed by atoms with van der Waals surface area (Å²) in [5.41, 5.74) is 1.49. The monoisotopic (exact) mass is 232 g/mol. The molecule has 0 spiro atoms. The van der Waals surface area contributed by atoms with Gasteiger partial charge < -0.3 is 0 Å². The normalized spacial score (nSPS) is 10.8. The summed E-state index contributed by atoms with van der Waals surface area (Å²) in [6.45, 7) is 0. The number of hydrogen-bond donors (Lipinski definition) is 0. The Hall–Kier alpha value is -1.74. The minimum Gasteiger partial charge on any atom is -0.289 e. The number of ketones is 1. The predicted molar refractivity (Wildman–Crippen MR) is 64.1 cm³/mol. The van der Waals surface area contributed by atoms with E-state index < -0.39 is 0 Å². The maximum absolute atomic E-state index is 12.6. The van der Waals surface area contributed by atoms with E-state index in [2.05, 4.69) is 0 Å². The molecule has 1 heterocycles. The van der Waals surface area contributed by atoms with Crippen molar-refractivity contribution < 1.29 is 9.18 Å². The molecule has 0 saturated heterocycles. The van der Waals surface area contributed by atoms with E-state index in [0.717, 1.165) is 5.56 Å². The fraction of sp³-hybridized carbons (Fsp3) is 0. The second-order valence-corrected chi connectivity index (χ2v) is 4.04. The summed E-state index contributed by atoms with van der Waals surface area (Å²) in [7, 11) is 0. The minimum atomic E-state index is -0.335. The molecular formula is C13H9FOS. The van der Waals surface area contributed by atoms with Crippen molar-refractivity contribution in [2.45, 2.75) is 0 Å². The van der Waals surface area contributed by atoms with Crippen LogP contribution >= 0.6 is 11.3 Å². The smallest absolute Gasteiger partial charge is 0.185 e. The summed E-state index contributed by atoms with van der Waals surface area (Å²) < 4.78 is 12.6. The maximum Gasteiger partial charge on any atom is 0.185 e. The highest BCUT2D eigenvalue weighted by atomic mass is 32.1. The fourth-order valence-corrected chi connectivity index (χ4v) is 1.88. The van der Waals surface area contributed by atoms with Crippen molar-refractivity contribution >= 4 is 23.2 Å². The highest BCUT2D eigenvalue weighted by Crippen LogP contribution is 2.09. The van der Waals surface area contributed by atoms with Crippen molar-refractivity contribution in [1.29, 1.82) is 0 Å². The first kappa shape index (κ1) is 10.8. The zero-order chi connectivity index (χ0) is 11.4. The van der Waals surface area contributed by atoms with Crippen molar-refractivity contribution in [3.63, 3.8) is 0 Å². The van der Waals surface area contributed by atoms with Crippen LogP contribution in [0.4, 0.5) is 4.39 Å². The van der Waals surface area contributed by atoms with Crippen LogP contribution in [0.3, 0.4) is 0 Å². The molecule has 0 fully saturated rings. The van der Waals surface area contributed by atoms with Crippen LogP contribution in [0.15, 0.2) is 47.2 Å². The molecule has 0 radical (unpaired) electrons. The number of allylic oxidation sites excluding steroid dienone is 1. The number of benzene rings is 1. The quantitative estimate of drug-likeness (QED) is 0.581. The van der Waals surface area contributed by atoms with E-state index in [1.807, 2.05) is 16.8 Å². The molecule has 0 amide bonds. The summed E-state index contributed by atoms with van der Waals surface area (Å²) in [4.78, 5) is 11.6. The first-order chi connectivity index (χ1) is 7.75. The molecule has 0 aliphatic rings. The van der Waals surface area contributed by atoms with Gasteiger partial charge in [0.1, 0.15) is 5.82 Å². The third-order valence-electron chi connectivity index (χ3n) is 2.10. The van der Waals surface area contributed by atoms with Crippen molar-refractivity contribution in [3.8, 4) is 0 Å². The minimum absolute atomic E-state index is 0.119. The van der Waals surface area contributed by atoms with Gasteiger partial charge in [0.05, 0.1) is 0 Å². The van der Waals surface area contributed by atoms with Crippen LogP contribution in [-0.4, -0.2) is 5.78 Å². The molecule has 0 N–H and O–H groups in total. The van der Waals surface area contributed by atoms with E-state index in [-0.39, 0.29) is 11.6 Å². The molecule has 2 aromatic rings. The molecular weight excluding hydrogens is 223 g/mol. The SMILES string of the molecule is O=C(/C=C/c1ccsc1)c1ccc(F)cc1. The lowest BCUT2D eigenvalue weighted by atomic mass is 10.1. The Bertz CT molecular complexity index is 497. The Morgan fingerprint density at radius 1 is 1.19 bits per heavy atom. The van der Waals surface area contributed by atoms with E-state index in [4.69, 9.17) is 0 Å². The fourth-order valence-electron chi connectivity index (χ4n) is 1.25. The summed E-state index contributed by atoms with van der Waals surface area (Å²) in [6.07, 6.45) is 3.25. The molecule has 2 rings (SSSR count). The van der Waals surface area contributed by atoms with Crippen LogP contribution in [-0.2, 0) is 0 Å². The molecule has 0 saturated carbocycles. The van der Waals surface area contributed by atoms with Crippen LogP contribution in [0.1, 0.15) is 15.9 Å². The lowest BCUT2D eigenvalue weighted by Crippen LogP contribution is -1.93. The van der Waals surface area contributed by atoms with Gasteiger partial charge in [-0.25, -0.2) is 4.39 Å². The van der Waals surface area contributed by atoms with Crippen molar-refractivity contribution in [2.24, 2.45) is 0 Å². The zero-order valence-electron chi connectivity index (χ0n) is 8.39. The molecule has 80 valence electrons.